The molecule has 0 bridgehead atoms. The zero-order valence-corrected chi connectivity index (χ0v) is 17.8. The largest absolute Gasteiger partial charge is 0.471 e. The second-order valence-electron chi connectivity index (χ2n) is 8.32. The van der Waals surface area contributed by atoms with E-state index in [1.807, 2.05) is 18.4 Å². The van der Waals surface area contributed by atoms with Crippen molar-refractivity contribution in [2.75, 3.05) is 13.1 Å². The van der Waals surface area contributed by atoms with Crippen LogP contribution in [0.3, 0.4) is 0 Å². The van der Waals surface area contributed by atoms with Gasteiger partial charge in [-0.1, -0.05) is 0 Å². The van der Waals surface area contributed by atoms with Crippen LogP contribution in [0.5, 0.6) is 5.88 Å². The number of aryl methyl sites for hydroxylation is 2. The maximum Gasteiger partial charge on any atom is 0.249 e. The number of fused-ring (bicyclic) bond motifs is 1. The first-order valence-corrected chi connectivity index (χ1v) is 10.7. The maximum absolute atomic E-state index is 13.1. The number of carbonyl (C=O) groups is 1. The Kier molecular flexibility index (Phi) is 4.98. The number of hydrogen-bond donors (Lipinski definition) is 0. The number of halogens is 2. The van der Waals surface area contributed by atoms with Crippen molar-refractivity contribution in [3.05, 3.63) is 24.5 Å². The first-order chi connectivity index (χ1) is 15.3. The smallest absolute Gasteiger partial charge is 0.249 e. The van der Waals surface area contributed by atoms with Crippen molar-refractivity contribution in [3.8, 4) is 17.3 Å². The number of carbonyl (C=O) groups excluding carboxylic acids is 1. The molecular formula is C21H23F2N7O2. The lowest BCUT2D eigenvalue weighted by Crippen LogP contribution is -2.46. The molecule has 0 unspecified atom stereocenters. The Bertz CT molecular complexity index is 1160. The molecule has 1 amide bonds. The number of imidazole rings is 1. The van der Waals surface area contributed by atoms with E-state index >= 15 is 0 Å². The van der Waals surface area contributed by atoms with Crippen molar-refractivity contribution < 1.29 is 18.3 Å². The SMILES string of the molecule is CCn1c(-c2cnc(C)nc2)nc2c(O[C@H]3CCN(C(=O)C4CC(F)(F)C4)C3)ncnc21. The fourth-order valence-corrected chi connectivity index (χ4v) is 4.31. The van der Waals surface area contributed by atoms with Gasteiger partial charge in [0.1, 0.15) is 24.1 Å². The van der Waals surface area contributed by atoms with E-state index < -0.39 is 11.8 Å². The summed E-state index contributed by atoms with van der Waals surface area (Å²) in [6.07, 6.45) is 4.46. The van der Waals surface area contributed by atoms with Crippen LogP contribution in [0, 0.1) is 12.8 Å². The van der Waals surface area contributed by atoms with Crippen molar-refractivity contribution in [2.24, 2.45) is 5.92 Å². The van der Waals surface area contributed by atoms with Gasteiger partial charge in [0.15, 0.2) is 11.2 Å². The van der Waals surface area contributed by atoms with Gasteiger partial charge in [-0.05, 0) is 13.8 Å². The van der Waals surface area contributed by atoms with Crippen LogP contribution in [0.4, 0.5) is 8.78 Å². The molecule has 2 aliphatic rings. The monoisotopic (exact) mass is 443 g/mol. The van der Waals surface area contributed by atoms with Gasteiger partial charge in [-0.15, -0.1) is 0 Å². The van der Waals surface area contributed by atoms with Crippen molar-refractivity contribution in [1.29, 1.82) is 0 Å². The lowest BCUT2D eigenvalue weighted by atomic mass is 9.80. The summed E-state index contributed by atoms with van der Waals surface area (Å²) in [7, 11) is 0. The third-order valence-corrected chi connectivity index (χ3v) is 6.03. The fourth-order valence-electron chi connectivity index (χ4n) is 4.31. The summed E-state index contributed by atoms with van der Waals surface area (Å²) in [6, 6.07) is 0. The molecule has 168 valence electrons. The predicted octanol–water partition coefficient (Wildman–Crippen LogP) is 2.64. The average Bonchev–Trinajstić information content (AvgIpc) is 3.37. The quantitative estimate of drug-likeness (QED) is 0.598. The Labute approximate surface area is 182 Å². The van der Waals surface area contributed by atoms with E-state index in [9.17, 15) is 13.6 Å². The van der Waals surface area contributed by atoms with Crippen LogP contribution < -0.4 is 4.74 Å². The minimum absolute atomic E-state index is 0.216. The lowest BCUT2D eigenvalue weighted by molar-refractivity contribution is -0.159. The first kappa shape index (κ1) is 20.7. The van der Waals surface area contributed by atoms with Crippen LogP contribution >= 0.6 is 0 Å². The Morgan fingerprint density at radius 3 is 2.66 bits per heavy atom. The normalized spacial score (nSPS) is 20.5. The molecule has 32 heavy (non-hydrogen) atoms. The highest BCUT2D eigenvalue weighted by molar-refractivity contribution is 5.81. The molecule has 3 aromatic heterocycles. The Morgan fingerprint density at radius 2 is 1.97 bits per heavy atom. The van der Waals surface area contributed by atoms with Crippen molar-refractivity contribution in [3.63, 3.8) is 0 Å². The van der Waals surface area contributed by atoms with Gasteiger partial charge < -0.3 is 14.2 Å². The Morgan fingerprint density at radius 1 is 1.22 bits per heavy atom. The van der Waals surface area contributed by atoms with Crippen LogP contribution in [-0.2, 0) is 11.3 Å². The molecule has 1 aliphatic heterocycles. The molecule has 0 aromatic carbocycles. The first-order valence-electron chi connectivity index (χ1n) is 10.7. The molecule has 4 heterocycles. The van der Waals surface area contributed by atoms with Crippen LogP contribution in [0.2, 0.25) is 0 Å². The highest BCUT2D eigenvalue weighted by Gasteiger charge is 2.50. The van der Waals surface area contributed by atoms with E-state index in [-0.39, 0.29) is 24.9 Å². The highest BCUT2D eigenvalue weighted by atomic mass is 19.3. The third-order valence-electron chi connectivity index (χ3n) is 6.03. The topological polar surface area (TPSA) is 98.9 Å². The summed E-state index contributed by atoms with van der Waals surface area (Å²) >= 11 is 0. The number of aromatic nitrogens is 6. The van der Waals surface area contributed by atoms with Crippen molar-refractivity contribution >= 4 is 17.1 Å². The molecular weight excluding hydrogens is 420 g/mol. The van der Waals surface area contributed by atoms with Gasteiger partial charge in [-0.2, -0.15) is 4.98 Å². The fraction of sp³-hybridized carbons (Fsp3) is 0.524. The number of amides is 1. The molecule has 1 atom stereocenters. The number of nitrogens with zero attached hydrogens (tertiary/aromatic N) is 7. The van der Waals surface area contributed by atoms with Crippen LogP contribution in [0.25, 0.3) is 22.6 Å². The summed E-state index contributed by atoms with van der Waals surface area (Å²) in [5.41, 5.74) is 1.92. The molecule has 11 heteroatoms. The van der Waals surface area contributed by atoms with Gasteiger partial charge in [0.25, 0.3) is 0 Å². The molecule has 0 spiro atoms. The van der Waals surface area contributed by atoms with Gasteiger partial charge in [-0.3, -0.25) is 4.79 Å². The molecule has 0 N–H and O–H groups in total. The van der Waals surface area contributed by atoms with E-state index in [0.717, 1.165) is 5.56 Å². The number of rotatable bonds is 5. The third kappa shape index (κ3) is 3.65. The molecule has 1 saturated heterocycles. The molecule has 3 aromatic rings. The van der Waals surface area contributed by atoms with E-state index in [1.165, 1.54) is 6.33 Å². The molecule has 1 saturated carbocycles. The molecule has 2 fully saturated rings. The summed E-state index contributed by atoms with van der Waals surface area (Å²) in [5, 5.41) is 0. The summed E-state index contributed by atoms with van der Waals surface area (Å²) in [5.74, 6) is -1.84. The number of alkyl halides is 2. The van der Waals surface area contributed by atoms with E-state index in [4.69, 9.17) is 9.72 Å². The van der Waals surface area contributed by atoms with Crippen LogP contribution in [-0.4, -0.2) is 65.4 Å². The van der Waals surface area contributed by atoms with Gasteiger partial charge in [0.05, 0.1) is 12.1 Å². The second-order valence-corrected chi connectivity index (χ2v) is 8.32. The van der Waals surface area contributed by atoms with Gasteiger partial charge in [-0.25, -0.2) is 28.7 Å². The standard InChI is InChI=1S/C21H23F2N7O2/c1-3-30-17(14-8-24-12(2)25-9-14)28-16-18(30)26-11-27-19(16)32-15-4-5-29(10-15)20(31)13-6-21(22,23)7-13/h8-9,11,13,15H,3-7,10H2,1-2H3/t15-/m0/s1. The number of likely N-dealkylation sites (tertiary alicyclic amines) is 1. The van der Waals surface area contributed by atoms with Gasteiger partial charge in [0, 0.05) is 50.7 Å². The molecule has 5 rings (SSSR count). The molecule has 0 radical (unpaired) electrons. The highest BCUT2D eigenvalue weighted by Crippen LogP contribution is 2.43. The Balaban J connectivity index is 1.36. The Hall–Kier alpha value is -3.24. The lowest BCUT2D eigenvalue weighted by Gasteiger charge is -2.36. The van der Waals surface area contributed by atoms with Gasteiger partial charge in [0.2, 0.25) is 17.7 Å². The zero-order valence-electron chi connectivity index (χ0n) is 17.8. The summed E-state index contributed by atoms with van der Waals surface area (Å²) in [4.78, 5) is 36.0. The number of ether oxygens (including phenoxy) is 1. The molecule has 1 aliphatic carbocycles. The van der Waals surface area contributed by atoms with Crippen LogP contribution in [0.1, 0.15) is 32.0 Å². The second kappa shape index (κ2) is 7.72. The minimum atomic E-state index is -2.71. The van der Waals surface area contributed by atoms with Crippen LogP contribution in [0.15, 0.2) is 18.7 Å². The summed E-state index contributed by atoms with van der Waals surface area (Å²) in [6.45, 7) is 5.27. The van der Waals surface area contributed by atoms with E-state index in [0.29, 0.717) is 54.7 Å². The van der Waals surface area contributed by atoms with E-state index in [1.54, 1.807) is 17.3 Å². The number of hydrogen-bond acceptors (Lipinski definition) is 7. The summed E-state index contributed by atoms with van der Waals surface area (Å²) < 4.78 is 34.3. The van der Waals surface area contributed by atoms with Crippen molar-refractivity contribution in [2.45, 2.75) is 51.7 Å². The molecule has 9 nitrogen and oxygen atoms in total. The predicted molar refractivity (Wildman–Crippen MR) is 110 cm³/mol. The van der Waals surface area contributed by atoms with Crippen molar-refractivity contribution in [1.82, 2.24) is 34.4 Å². The average molecular weight is 443 g/mol. The maximum atomic E-state index is 13.1. The minimum Gasteiger partial charge on any atom is -0.471 e. The zero-order chi connectivity index (χ0) is 22.5. The van der Waals surface area contributed by atoms with E-state index in [2.05, 4.69) is 19.9 Å². The van der Waals surface area contributed by atoms with Gasteiger partial charge >= 0.3 is 0 Å².